The maximum Gasteiger partial charge on any atom is 0.265 e. The Morgan fingerprint density at radius 2 is 2.05 bits per heavy atom. The van der Waals surface area contributed by atoms with Crippen LogP contribution in [0.4, 0.5) is 5.69 Å². The first kappa shape index (κ1) is 17.5. The number of methoxy groups -OCH3 is 1. The van der Waals surface area contributed by atoms with E-state index < -0.39 is 0 Å². The molecule has 0 fully saturated rings. The van der Waals surface area contributed by atoms with E-state index >= 15 is 0 Å². The average molecular weight is 449 g/mol. The fourth-order valence-electron chi connectivity index (χ4n) is 1.73. The second-order valence-corrected chi connectivity index (χ2v) is 7.75. The molecule has 0 saturated heterocycles. The molecule has 0 spiro atoms. The maximum atomic E-state index is 12.3. The van der Waals surface area contributed by atoms with Gasteiger partial charge < -0.3 is 14.8 Å². The monoisotopic (exact) mass is 447 g/mol. The Bertz CT molecular complexity index is 653. The summed E-state index contributed by atoms with van der Waals surface area (Å²) >= 11 is 8.14. The van der Waals surface area contributed by atoms with E-state index in [4.69, 9.17) is 9.47 Å². The Morgan fingerprint density at radius 3 is 2.68 bits per heavy atom. The van der Waals surface area contributed by atoms with Crippen LogP contribution in [-0.2, 0) is 4.74 Å². The number of ether oxygens (including phenoxy) is 2. The lowest BCUT2D eigenvalue weighted by Gasteiger charge is -2.12. The zero-order valence-corrected chi connectivity index (χ0v) is 16.1. The number of anilines is 1. The highest BCUT2D eigenvalue weighted by molar-refractivity contribution is 9.13. The number of hydrogen-bond acceptors (Lipinski definition) is 4. The Kier molecular flexibility index (Phi) is 6.43. The van der Waals surface area contributed by atoms with E-state index in [2.05, 4.69) is 37.2 Å². The van der Waals surface area contributed by atoms with Crippen molar-refractivity contribution in [1.82, 2.24) is 0 Å². The van der Waals surface area contributed by atoms with Gasteiger partial charge >= 0.3 is 0 Å². The molecule has 0 unspecified atom stereocenters. The first-order chi connectivity index (χ1) is 10.5. The third-order valence-corrected chi connectivity index (χ3v) is 6.05. The molecule has 0 saturated carbocycles. The summed E-state index contributed by atoms with van der Waals surface area (Å²) in [4.78, 5) is 12.9. The Hall–Kier alpha value is -0.890. The van der Waals surface area contributed by atoms with Crippen molar-refractivity contribution >= 4 is 54.8 Å². The number of aryl methyl sites for hydroxylation is 1. The second kappa shape index (κ2) is 8.10. The first-order valence-corrected chi connectivity index (χ1v) is 8.90. The fourth-order valence-corrected chi connectivity index (χ4v) is 3.66. The molecule has 1 amide bonds. The van der Waals surface area contributed by atoms with Gasteiger partial charge in [-0.15, -0.1) is 11.3 Å². The second-order valence-electron chi connectivity index (χ2n) is 4.53. The van der Waals surface area contributed by atoms with Gasteiger partial charge in [-0.1, -0.05) is 6.07 Å². The number of benzene rings is 1. The molecule has 0 atom stereocenters. The highest BCUT2D eigenvalue weighted by atomic mass is 79.9. The molecule has 0 bridgehead atoms. The van der Waals surface area contributed by atoms with Gasteiger partial charge in [0.1, 0.15) is 12.4 Å². The van der Waals surface area contributed by atoms with Crippen molar-refractivity contribution < 1.29 is 14.3 Å². The molecular weight excluding hydrogens is 434 g/mol. The predicted octanol–water partition coefficient (Wildman–Crippen LogP) is 4.86. The van der Waals surface area contributed by atoms with E-state index in [1.54, 1.807) is 13.2 Å². The largest absolute Gasteiger partial charge is 0.489 e. The Balaban J connectivity index is 2.15. The van der Waals surface area contributed by atoms with Crippen molar-refractivity contribution in [2.75, 3.05) is 25.6 Å². The summed E-state index contributed by atoms with van der Waals surface area (Å²) in [6, 6.07) is 7.45. The van der Waals surface area contributed by atoms with Crippen LogP contribution in [0.15, 0.2) is 32.5 Å². The van der Waals surface area contributed by atoms with Gasteiger partial charge in [0.15, 0.2) is 0 Å². The molecule has 1 N–H and O–H groups in total. The number of nitrogens with one attached hydrogen (secondary N) is 1. The van der Waals surface area contributed by atoms with Gasteiger partial charge in [0.2, 0.25) is 0 Å². The standard InChI is InChI=1S/C15H15Br2NO3S/c1-9-3-4-11(12(7-9)21-6-5-20-2)18-15(19)13-8-10(16)14(17)22-13/h3-4,7-8H,5-6H2,1-2H3,(H,18,19). The van der Waals surface area contributed by atoms with Gasteiger partial charge in [-0.3, -0.25) is 4.79 Å². The molecule has 0 aliphatic rings. The number of carbonyl (C=O) groups is 1. The summed E-state index contributed by atoms with van der Waals surface area (Å²) in [5, 5.41) is 2.89. The van der Waals surface area contributed by atoms with E-state index in [0.29, 0.717) is 29.5 Å². The summed E-state index contributed by atoms with van der Waals surface area (Å²) in [6.07, 6.45) is 0. The lowest BCUT2D eigenvalue weighted by atomic mass is 10.2. The molecule has 1 aromatic heterocycles. The predicted molar refractivity (Wildman–Crippen MR) is 96.2 cm³/mol. The minimum absolute atomic E-state index is 0.170. The van der Waals surface area contributed by atoms with E-state index in [1.807, 2.05) is 25.1 Å². The lowest BCUT2D eigenvalue weighted by molar-refractivity contribution is 0.102. The van der Waals surface area contributed by atoms with Crippen molar-refractivity contribution in [3.05, 3.63) is 43.0 Å². The first-order valence-electron chi connectivity index (χ1n) is 6.50. The minimum Gasteiger partial charge on any atom is -0.489 e. The highest BCUT2D eigenvalue weighted by Crippen LogP contribution is 2.33. The Labute approximate surface area is 150 Å². The van der Waals surface area contributed by atoms with Gasteiger partial charge in [-0.2, -0.15) is 0 Å². The third kappa shape index (κ3) is 4.55. The van der Waals surface area contributed by atoms with E-state index in [0.717, 1.165) is 13.8 Å². The quantitative estimate of drug-likeness (QED) is 0.642. The molecule has 22 heavy (non-hydrogen) atoms. The van der Waals surface area contributed by atoms with Crippen LogP contribution in [0.3, 0.4) is 0 Å². The van der Waals surface area contributed by atoms with Gasteiger partial charge in [0.05, 0.1) is 21.0 Å². The van der Waals surface area contributed by atoms with Crippen LogP contribution in [0.5, 0.6) is 5.75 Å². The van der Waals surface area contributed by atoms with Crippen LogP contribution in [0.1, 0.15) is 15.2 Å². The number of hydrogen-bond donors (Lipinski definition) is 1. The minimum atomic E-state index is -0.170. The van der Waals surface area contributed by atoms with Crippen LogP contribution in [0, 0.1) is 6.92 Å². The fraction of sp³-hybridized carbons (Fsp3) is 0.267. The number of rotatable bonds is 6. The van der Waals surface area contributed by atoms with Crippen LogP contribution in [0.25, 0.3) is 0 Å². The molecule has 0 aliphatic carbocycles. The summed E-state index contributed by atoms with van der Waals surface area (Å²) in [6.45, 7) is 2.90. The van der Waals surface area contributed by atoms with Gasteiger partial charge in [0, 0.05) is 11.6 Å². The van der Waals surface area contributed by atoms with Gasteiger partial charge in [0.25, 0.3) is 5.91 Å². The summed E-state index contributed by atoms with van der Waals surface area (Å²) in [5.74, 6) is 0.469. The van der Waals surface area contributed by atoms with E-state index in [9.17, 15) is 4.79 Å². The van der Waals surface area contributed by atoms with Crippen LogP contribution < -0.4 is 10.1 Å². The number of halogens is 2. The molecule has 4 nitrogen and oxygen atoms in total. The van der Waals surface area contributed by atoms with Crippen molar-refractivity contribution in [3.63, 3.8) is 0 Å². The SMILES string of the molecule is COCCOc1cc(C)ccc1NC(=O)c1cc(Br)c(Br)s1. The molecule has 7 heteroatoms. The normalized spacial score (nSPS) is 10.5. The molecule has 2 rings (SSSR count). The molecular formula is C15H15Br2NO3S. The van der Waals surface area contributed by atoms with Crippen molar-refractivity contribution in [2.45, 2.75) is 6.92 Å². The zero-order chi connectivity index (χ0) is 16.1. The van der Waals surface area contributed by atoms with Crippen molar-refractivity contribution in [2.24, 2.45) is 0 Å². The van der Waals surface area contributed by atoms with Crippen LogP contribution >= 0.6 is 43.2 Å². The van der Waals surface area contributed by atoms with E-state index in [-0.39, 0.29) is 5.91 Å². The van der Waals surface area contributed by atoms with Crippen LogP contribution in [0.2, 0.25) is 0 Å². The molecule has 0 aliphatic heterocycles. The maximum absolute atomic E-state index is 12.3. The van der Waals surface area contributed by atoms with Crippen LogP contribution in [-0.4, -0.2) is 26.2 Å². The van der Waals surface area contributed by atoms with E-state index in [1.165, 1.54) is 11.3 Å². The zero-order valence-electron chi connectivity index (χ0n) is 12.1. The molecule has 1 heterocycles. The molecule has 118 valence electrons. The number of thiophene rings is 1. The third-order valence-electron chi connectivity index (χ3n) is 2.80. The van der Waals surface area contributed by atoms with Crippen molar-refractivity contribution in [1.29, 1.82) is 0 Å². The smallest absolute Gasteiger partial charge is 0.265 e. The average Bonchev–Trinajstić information content (AvgIpc) is 2.82. The summed E-state index contributed by atoms with van der Waals surface area (Å²) in [5.41, 5.74) is 1.71. The molecule has 0 radical (unpaired) electrons. The summed E-state index contributed by atoms with van der Waals surface area (Å²) in [7, 11) is 1.62. The van der Waals surface area contributed by atoms with Gasteiger partial charge in [-0.25, -0.2) is 0 Å². The molecule has 1 aromatic carbocycles. The Morgan fingerprint density at radius 1 is 1.27 bits per heavy atom. The number of carbonyl (C=O) groups excluding carboxylic acids is 1. The summed E-state index contributed by atoms with van der Waals surface area (Å²) < 4.78 is 12.4. The molecule has 2 aromatic rings. The topological polar surface area (TPSA) is 47.6 Å². The number of amides is 1. The lowest BCUT2D eigenvalue weighted by Crippen LogP contribution is -2.12. The van der Waals surface area contributed by atoms with Gasteiger partial charge in [-0.05, 0) is 62.5 Å². The van der Waals surface area contributed by atoms with Crippen molar-refractivity contribution in [3.8, 4) is 5.75 Å². The highest BCUT2D eigenvalue weighted by Gasteiger charge is 2.14.